The molecule has 4 unspecified atom stereocenters. The Hall–Kier alpha value is -4.41. The molecule has 0 spiro atoms. The molecule has 0 N–H and O–H groups in total. The van der Waals surface area contributed by atoms with Gasteiger partial charge in [0.1, 0.15) is 6.61 Å². The lowest BCUT2D eigenvalue weighted by Gasteiger charge is -2.13. The third-order valence-corrected chi connectivity index (χ3v) is 7.06. The van der Waals surface area contributed by atoms with Crippen molar-refractivity contribution in [2.45, 2.75) is 13.0 Å². The average Bonchev–Trinajstić information content (AvgIpc) is 3.66. The summed E-state index contributed by atoms with van der Waals surface area (Å²) in [6.07, 6.45) is 6.08. The average molecular weight is 491 g/mol. The fourth-order valence-electron chi connectivity index (χ4n) is 5.43. The van der Waals surface area contributed by atoms with Gasteiger partial charge in [0.25, 0.3) is 11.8 Å². The maximum absolute atomic E-state index is 12.8. The maximum Gasteiger partial charge on any atom is 0.315 e. The van der Waals surface area contributed by atoms with Gasteiger partial charge in [0.2, 0.25) is 12.5 Å². The van der Waals surface area contributed by atoms with Crippen LogP contribution in [0, 0.1) is 33.8 Å². The summed E-state index contributed by atoms with van der Waals surface area (Å²) < 4.78 is 21.8. The smallest absolute Gasteiger partial charge is 0.315 e. The molecule has 4 aliphatic rings. The van der Waals surface area contributed by atoms with Crippen LogP contribution in [0.25, 0.3) is 0 Å². The Morgan fingerprint density at radius 3 is 2.53 bits per heavy atom. The number of allylic oxidation sites excluding steroid dienone is 2. The van der Waals surface area contributed by atoms with Crippen molar-refractivity contribution in [3.05, 3.63) is 63.7 Å². The zero-order valence-electron chi connectivity index (χ0n) is 19.2. The Morgan fingerprint density at radius 1 is 1.11 bits per heavy atom. The van der Waals surface area contributed by atoms with Gasteiger partial charge < -0.3 is 18.9 Å². The molecule has 0 radical (unpaired) electrons. The molecule has 6 rings (SSSR count). The molecule has 36 heavy (non-hydrogen) atoms. The second-order valence-electron chi connectivity index (χ2n) is 9.04. The van der Waals surface area contributed by atoms with E-state index in [0.29, 0.717) is 11.5 Å². The van der Waals surface area contributed by atoms with Crippen molar-refractivity contribution in [3.8, 4) is 23.0 Å². The lowest BCUT2D eigenvalue weighted by molar-refractivity contribution is -0.386. The Morgan fingerprint density at radius 2 is 1.83 bits per heavy atom. The standard InChI is InChI=1S/C25H21N3O8/c1-33-20-8-14(10-26-27-24(29)21-15-3-4-16(9-15)22(21)25(27)30)6-17(28(31)32)23(20)34-11-13-2-5-18-19(7-13)36-12-35-18/h2-8,10,15-16,21-22H,9,11-12H2,1H3. The minimum absolute atomic E-state index is 0.0250. The number of benzene rings is 2. The second kappa shape index (κ2) is 8.36. The van der Waals surface area contributed by atoms with Crippen LogP contribution in [-0.4, -0.2) is 41.9 Å². The molecule has 1 saturated carbocycles. The van der Waals surface area contributed by atoms with Crippen molar-refractivity contribution in [3.63, 3.8) is 0 Å². The molecule has 2 bridgehead atoms. The fraction of sp³-hybridized carbons (Fsp3) is 0.320. The topological polar surface area (TPSA) is 130 Å². The summed E-state index contributed by atoms with van der Waals surface area (Å²) in [6, 6.07) is 8.01. The van der Waals surface area contributed by atoms with Crippen molar-refractivity contribution in [1.29, 1.82) is 0 Å². The Labute approximate surface area is 205 Å². The molecule has 2 aliphatic heterocycles. The molecule has 4 atom stereocenters. The van der Waals surface area contributed by atoms with Crippen LogP contribution in [0.2, 0.25) is 0 Å². The van der Waals surface area contributed by atoms with Crippen LogP contribution < -0.4 is 18.9 Å². The van der Waals surface area contributed by atoms with Gasteiger partial charge in [-0.15, -0.1) is 0 Å². The molecule has 2 aromatic carbocycles. The highest BCUT2D eigenvalue weighted by molar-refractivity contribution is 6.06. The minimum Gasteiger partial charge on any atom is -0.493 e. The minimum atomic E-state index is -0.589. The van der Waals surface area contributed by atoms with Gasteiger partial charge in [-0.3, -0.25) is 19.7 Å². The molecule has 1 saturated heterocycles. The third-order valence-electron chi connectivity index (χ3n) is 7.06. The number of hydrazone groups is 1. The first-order valence-electron chi connectivity index (χ1n) is 11.4. The van der Waals surface area contributed by atoms with Crippen LogP contribution in [0.5, 0.6) is 23.0 Å². The first kappa shape index (κ1) is 22.1. The second-order valence-corrected chi connectivity index (χ2v) is 9.04. The lowest BCUT2D eigenvalue weighted by atomic mass is 9.85. The summed E-state index contributed by atoms with van der Waals surface area (Å²) in [5.74, 6) is -0.0191. The number of methoxy groups -OCH3 is 1. The summed E-state index contributed by atoms with van der Waals surface area (Å²) in [6.45, 7) is 0.160. The SMILES string of the molecule is COc1cc(C=NN2C(=O)C3C4C=CC(C4)C3C2=O)cc([N+](=O)[O-])c1OCc1ccc2c(c1)OCO2. The number of carbonyl (C=O) groups excluding carboxylic acids is 2. The van der Waals surface area contributed by atoms with Crippen LogP contribution >= 0.6 is 0 Å². The number of fused-ring (bicyclic) bond motifs is 6. The fourth-order valence-corrected chi connectivity index (χ4v) is 5.43. The summed E-state index contributed by atoms with van der Waals surface area (Å²) >= 11 is 0. The van der Waals surface area contributed by atoms with E-state index in [-0.39, 0.29) is 71.6 Å². The van der Waals surface area contributed by atoms with Crippen molar-refractivity contribution >= 4 is 23.7 Å². The van der Waals surface area contributed by atoms with Gasteiger partial charge in [0, 0.05) is 11.6 Å². The highest BCUT2D eigenvalue weighted by atomic mass is 16.7. The summed E-state index contributed by atoms with van der Waals surface area (Å²) in [7, 11) is 1.37. The number of amides is 2. The van der Waals surface area contributed by atoms with Crippen LogP contribution in [0.15, 0.2) is 47.6 Å². The van der Waals surface area contributed by atoms with E-state index in [1.807, 2.05) is 12.2 Å². The van der Waals surface area contributed by atoms with E-state index < -0.39 is 4.92 Å². The van der Waals surface area contributed by atoms with Crippen LogP contribution in [-0.2, 0) is 16.2 Å². The predicted molar refractivity (Wildman–Crippen MR) is 124 cm³/mol. The molecule has 11 nitrogen and oxygen atoms in total. The molecule has 184 valence electrons. The molecule has 2 aromatic rings. The van der Waals surface area contributed by atoms with Crippen molar-refractivity contribution in [1.82, 2.24) is 5.01 Å². The molecular formula is C25H21N3O8. The van der Waals surface area contributed by atoms with Crippen LogP contribution in [0.1, 0.15) is 17.5 Å². The number of nitro groups is 1. The Kier molecular flexibility index (Phi) is 5.13. The number of carbonyl (C=O) groups is 2. The highest BCUT2D eigenvalue weighted by Crippen LogP contribution is 2.52. The number of imide groups is 1. The Balaban J connectivity index is 1.24. The number of nitro benzene ring substituents is 1. The Bertz CT molecular complexity index is 1320. The number of hydrogen-bond donors (Lipinski definition) is 0. The number of nitrogens with zero attached hydrogens (tertiary/aromatic N) is 3. The van der Waals surface area contributed by atoms with E-state index in [1.54, 1.807) is 18.2 Å². The number of ether oxygens (including phenoxy) is 4. The third kappa shape index (κ3) is 3.46. The van der Waals surface area contributed by atoms with E-state index >= 15 is 0 Å². The molecule has 2 amide bonds. The number of rotatable bonds is 7. The normalized spacial score (nSPS) is 25.2. The van der Waals surface area contributed by atoms with Gasteiger partial charge in [0.05, 0.1) is 30.1 Å². The molecule has 11 heteroatoms. The first-order chi connectivity index (χ1) is 17.4. The van der Waals surface area contributed by atoms with E-state index in [0.717, 1.165) is 17.0 Å². The maximum atomic E-state index is 12.8. The van der Waals surface area contributed by atoms with Gasteiger partial charge in [-0.05, 0) is 42.0 Å². The molecule has 2 aliphatic carbocycles. The zero-order valence-corrected chi connectivity index (χ0v) is 19.2. The molecule has 2 fully saturated rings. The highest BCUT2D eigenvalue weighted by Gasteiger charge is 2.59. The predicted octanol–water partition coefficient (Wildman–Crippen LogP) is 3.05. The summed E-state index contributed by atoms with van der Waals surface area (Å²) in [5.41, 5.74) is 0.670. The van der Waals surface area contributed by atoms with Crippen molar-refractivity contribution in [2.24, 2.45) is 28.8 Å². The van der Waals surface area contributed by atoms with E-state index in [1.165, 1.54) is 25.5 Å². The quantitative estimate of drug-likeness (QED) is 0.190. The largest absolute Gasteiger partial charge is 0.493 e. The van der Waals surface area contributed by atoms with Gasteiger partial charge in [-0.1, -0.05) is 18.2 Å². The van der Waals surface area contributed by atoms with Crippen molar-refractivity contribution in [2.75, 3.05) is 13.9 Å². The molecule has 2 heterocycles. The molecular weight excluding hydrogens is 470 g/mol. The van der Waals surface area contributed by atoms with E-state index in [9.17, 15) is 19.7 Å². The zero-order chi connectivity index (χ0) is 25.0. The lowest BCUT2D eigenvalue weighted by Crippen LogP contribution is -2.28. The van der Waals surface area contributed by atoms with Crippen LogP contribution in [0.4, 0.5) is 5.69 Å². The molecule has 0 aromatic heterocycles. The summed E-state index contributed by atoms with van der Waals surface area (Å²) in [5, 5.41) is 16.8. The van der Waals surface area contributed by atoms with Gasteiger partial charge in [-0.25, -0.2) is 0 Å². The van der Waals surface area contributed by atoms with Gasteiger partial charge >= 0.3 is 5.69 Å². The first-order valence-corrected chi connectivity index (χ1v) is 11.4. The van der Waals surface area contributed by atoms with Crippen LogP contribution in [0.3, 0.4) is 0 Å². The number of hydrogen-bond acceptors (Lipinski definition) is 9. The van der Waals surface area contributed by atoms with Crippen molar-refractivity contribution < 1.29 is 33.5 Å². The van der Waals surface area contributed by atoms with Gasteiger partial charge in [-0.2, -0.15) is 10.1 Å². The monoisotopic (exact) mass is 491 g/mol. The summed E-state index contributed by atoms with van der Waals surface area (Å²) in [4.78, 5) is 36.9. The van der Waals surface area contributed by atoms with E-state index in [2.05, 4.69) is 5.10 Å². The van der Waals surface area contributed by atoms with Gasteiger partial charge in [0.15, 0.2) is 17.2 Å². The van der Waals surface area contributed by atoms with E-state index in [4.69, 9.17) is 18.9 Å².